The Morgan fingerprint density at radius 2 is 2.18 bits per heavy atom. The maximum absolute atomic E-state index is 5.65. The fourth-order valence-electron chi connectivity index (χ4n) is 2.52. The zero-order valence-corrected chi connectivity index (χ0v) is 10.9. The second kappa shape index (κ2) is 5.67. The largest absolute Gasteiger partial charge is 0.468 e. The first-order valence-corrected chi connectivity index (χ1v) is 6.34. The van der Waals surface area contributed by atoms with Crippen molar-refractivity contribution < 1.29 is 4.42 Å². The van der Waals surface area contributed by atoms with Crippen LogP contribution in [-0.2, 0) is 13.1 Å². The molecule has 2 heterocycles. The normalized spacial score (nSPS) is 19.1. The van der Waals surface area contributed by atoms with Crippen LogP contribution in [-0.4, -0.2) is 43.0 Å². The highest BCUT2D eigenvalue weighted by atomic mass is 16.3. The predicted molar refractivity (Wildman–Crippen MR) is 68.6 cm³/mol. The molecule has 1 aromatic heterocycles. The lowest BCUT2D eigenvalue weighted by Crippen LogP contribution is -2.41. The first kappa shape index (κ1) is 12.6. The number of likely N-dealkylation sites (tertiary alicyclic amines) is 1. The van der Waals surface area contributed by atoms with Gasteiger partial charge in [0.05, 0.1) is 12.8 Å². The van der Waals surface area contributed by atoms with E-state index in [-0.39, 0.29) is 0 Å². The van der Waals surface area contributed by atoms with Gasteiger partial charge < -0.3 is 15.1 Å². The quantitative estimate of drug-likeness (QED) is 0.856. The molecule has 1 aromatic rings. The molecule has 96 valence electrons. The number of furan rings is 1. The van der Waals surface area contributed by atoms with Gasteiger partial charge in [-0.25, -0.2) is 0 Å². The minimum Gasteiger partial charge on any atom is -0.468 e. The summed E-state index contributed by atoms with van der Waals surface area (Å²) in [5.41, 5.74) is 6.88. The number of hydrogen-bond donors (Lipinski definition) is 1. The van der Waals surface area contributed by atoms with Crippen molar-refractivity contribution in [3.05, 3.63) is 23.7 Å². The second-order valence-electron chi connectivity index (χ2n) is 5.02. The van der Waals surface area contributed by atoms with Crippen LogP contribution in [0.25, 0.3) is 0 Å². The minimum absolute atomic E-state index is 0.490. The van der Waals surface area contributed by atoms with Gasteiger partial charge in [-0.3, -0.25) is 4.90 Å². The Kier molecular flexibility index (Phi) is 4.20. The third kappa shape index (κ3) is 3.09. The van der Waals surface area contributed by atoms with Crippen molar-refractivity contribution in [1.29, 1.82) is 0 Å². The summed E-state index contributed by atoms with van der Waals surface area (Å²) in [7, 11) is 4.39. The van der Waals surface area contributed by atoms with Crippen molar-refractivity contribution in [3.63, 3.8) is 0 Å². The third-order valence-electron chi connectivity index (χ3n) is 3.75. The van der Waals surface area contributed by atoms with Gasteiger partial charge in [0, 0.05) is 18.2 Å². The van der Waals surface area contributed by atoms with Gasteiger partial charge in [0.15, 0.2) is 0 Å². The number of nitrogens with two attached hydrogens (primary N) is 1. The molecule has 0 amide bonds. The second-order valence-corrected chi connectivity index (χ2v) is 5.02. The average molecular weight is 237 g/mol. The van der Waals surface area contributed by atoms with Crippen LogP contribution in [0.15, 0.2) is 16.7 Å². The topological polar surface area (TPSA) is 45.6 Å². The minimum atomic E-state index is 0.490. The molecule has 0 atom stereocenters. The van der Waals surface area contributed by atoms with E-state index < -0.39 is 0 Å². The summed E-state index contributed by atoms with van der Waals surface area (Å²) < 4.78 is 5.36. The molecular formula is C13H23N3O. The summed E-state index contributed by atoms with van der Waals surface area (Å²) >= 11 is 0. The van der Waals surface area contributed by atoms with Gasteiger partial charge in [-0.05, 0) is 46.1 Å². The molecule has 0 saturated carbocycles. The van der Waals surface area contributed by atoms with Gasteiger partial charge in [-0.2, -0.15) is 0 Å². The van der Waals surface area contributed by atoms with E-state index in [1.165, 1.54) is 31.5 Å². The molecule has 0 bridgehead atoms. The molecule has 17 heavy (non-hydrogen) atoms. The van der Waals surface area contributed by atoms with Crippen molar-refractivity contribution in [2.24, 2.45) is 5.73 Å². The number of nitrogens with zero attached hydrogens (tertiary/aromatic N) is 2. The molecule has 0 aliphatic carbocycles. The van der Waals surface area contributed by atoms with E-state index in [1.54, 1.807) is 6.26 Å². The SMILES string of the molecule is CN1CCC(N(C)Cc2ccoc2CN)CC1. The average Bonchev–Trinajstić information content (AvgIpc) is 2.77. The van der Waals surface area contributed by atoms with Crippen LogP contribution in [0.3, 0.4) is 0 Å². The molecule has 4 heteroatoms. The Bertz CT molecular complexity index is 342. The van der Waals surface area contributed by atoms with Gasteiger partial charge >= 0.3 is 0 Å². The van der Waals surface area contributed by atoms with Crippen LogP contribution in [0.2, 0.25) is 0 Å². The molecule has 0 spiro atoms. The van der Waals surface area contributed by atoms with E-state index >= 15 is 0 Å². The maximum Gasteiger partial charge on any atom is 0.121 e. The van der Waals surface area contributed by atoms with E-state index in [2.05, 4.69) is 23.9 Å². The maximum atomic E-state index is 5.65. The molecule has 2 rings (SSSR count). The Morgan fingerprint density at radius 3 is 2.82 bits per heavy atom. The van der Waals surface area contributed by atoms with Crippen molar-refractivity contribution in [3.8, 4) is 0 Å². The third-order valence-corrected chi connectivity index (χ3v) is 3.75. The molecule has 0 unspecified atom stereocenters. The van der Waals surface area contributed by atoms with E-state index in [9.17, 15) is 0 Å². The molecule has 0 aromatic carbocycles. The van der Waals surface area contributed by atoms with E-state index in [0.717, 1.165) is 12.3 Å². The van der Waals surface area contributed by atoms with Gasteiger partial charge in [-0.15, -0.1) is 0 Å². The highest BCUT2D eigenvalue weighted by Crippen LogP contribution is 2.18. The molecule has 1 fully saturated rings. The number of rotatable bonds is 4. The first-order chi connectivity index (χ1) is 8.20. The Labute approximate surface area is 103 Å². The van der Waals surface area contributed by atoms with Crippen LogP contribution in [0.4, 0.5) is 0 Å². The molecular weight excluding hydrogens is 214 g/mol. The summed E-state index contributed by atoms with van der Waals surface area (Å²) in [6.07, 6.45) is 4.24. The number of hydrogen-bond acceptors (Lipinski definition) is 4. The Balaban J connectivity index is 1.90. The highest BCUT2D eigenvalue weighted by Gasteiger charge is 2.21. The summed E-state index contributed by atoms with van der Waals surface area (Å²) in [5.74, 6) is 0.921. The first-order valence-electron chi connectivity index (χ1n) is 6.34. The monoisotopic (exact) mass is 237 g/mol. The van der Waals surface area contributed by atoms with Gasteiger partial charge in [0.1, 0.15) is 5.76 Å². The number of piperidine rings is 1. The van der Waals surface area contributed by atoms with E-state index in [1.807, 2.05) is 6.07 Å². The van der Waals surface area contributed by atoms with Gasteiger partial charge in [-0.1, -0.05) is 0 Å². The van der Waals surface area contributed by atoms with E-state index in [4.69, 9.17) is 10.2 Å². The standard InChI is InChI=1S/C13H23N3O/c1-15-6-3-12(4-7-15)16(2)10-11-5-8-17-13(11)9-14/h5,8,12H,3-4,6-7,9-10,14H2,1-2H3. The van der Waals surface area contributed by atoms with Crippen molar-refractivity contribution >= 4 is 0 Å². The van der Waals surface area contributed by atoms with E-state index in [0.29, 0.717) is 12.6 Å². The lowest BCUT2D eigenvalue weighted by atomic mass is 10.0. The van der Waals surface area contributed by atoms with Crippen LogP contribution >= 0.6 is 0 Å². The molecule has 1 aliphatic rings. The summed E-state index contributed by atoms with van der Waals surface area (Å²) in [6, 6.07) is 2.72. The van der Waals surface area contributed by atoms with Crippen LogP contribution < -0.4 is 5.73 Å². The highest BCUT2D eigenvalue weighted by molar-refractivity contribution is 5.16. The zero-order valence-electron chi connectivity index (χ0n) is 10.9. The molecule has 2 N–H and O–H groups in total. The van der Waals surface area contributed by atoms with Crippen LogP contribution in [0.1, 0.15) is 24.2 Å². The van der Waals surface area contributed by atoms with Gasteiger partial charge in [0.2, 0.25) is 0 Å². The Hall–Kier alpha value is -0.840. The van der Waals surface area contributed by atoms with Crippen molar-refractivity contribution in [2.75, 3.05) is 27.2 Å². The summed E-state index contributed by atoms with van der Waals surface area (Å²) in [4.78, 5) is 4.82. The van der Waals surface area contributed by atoms with Crippen molar-refractivity contribution in [1.82, 2.24) is 9.80 Å². The predicted octanol–water partition coefficient (Wildman–Crippen LogP) is 1.26. The fourth-order valence-corrected chi connectivity index (χ4v) is 2.52. The van der Waals surface area contributed by atoms with Crippen LogP contribution in [0.5, 0.6) is 0 Å². The van der Waals surface area contributed by atoms with Crippen LogP contribution in [0, 0.1) is 0 Å². The lowest BCUT2D eigenvalue weighted by molar-refractivity contribution is 0.138. The van der Waals surface area contributed by atoms with Crippen molar-refractivity contribution in [2.45, 2.75) is 32.0 Å². The summed E-state index contributed by atoms with van der Waals surface area (Å²) in [6.45, 7) is 3.83. The lowest BCUT2D eigenvalue weighted by Gasteiger charge is -2.35. The molecule has 0 radical (unpaired) electrons. The summed E-state index contributed by atoms with van der Waals surface area (Å²) in [5, 5.41) is 0. The fraction of sp³-hybridized carbons (Fsp3) is 0.692. The molecule has 4 nitrogen and oxygen atoms in total. The molecule has 1 aliphatic heterocycles. The smallest absolute Gasteiger partial charge is 0.121 e. The Morgan fingerprint density at radius 1 is 1.47 bits per heavy atom. The molecule has 1 saturated heterocycles. The van der Waals surface area contributed by atoms with Gasteiger partial charge in [0.25, 0.3) is 0 Å². The zero-order chi connectivity index (χ0) is 12.3.